The lowest BCUT2D eigenvalue weighted by Crippen LogP contribution is -1.88. The minimum absolute atomic E-state index is 0.248. The summed E-state index contributed by atoms with van der Waals surface area (Å²) in [6.45, 7) is 3.45. The van der Waals surface area contributed by atoms with Gasteiger partial charge in [0.25, 0.3) is 0 Å². The molecule has 5 heavy (non-hydrogen) atoms. The van der Waals surface area contributed by atoms with Crippen molar-refractivity contribution in [1.29, 1.82) is 0 Å². The van der Waals surface area contributed by atoms with E-state index in [0.717, 1.165) is 0 Å². The van der Waals surface area contributed by atoms with Crippen LogP contribution < -0.4 is 0 Å². The molecule has 0 heterocycles. The second kappa shape index (κ2) is 3.92. The predicted molar refractivity (Wildman–Crippen MR) is 25.8 cm³/mol. The summed E-state index contributed by atoms with van der Waals surface area (Å²) >= 11 is 0. The Kier molecular flexibility index (Phi) is 3.85. The van der Waals surface area contributed by atoms with Gasteiger partial charge >= 0.3 is 0 Å². The van der Waals surface area contributed by atoms with Crippen molar-refractivity contribution in [3.05, 3.63) is 12.3 Å². The molecule has 0 radical (unpaired) electrons. The van der Waals surface area contributed by atoms with Gasteiger partial charge in [0.2, 0.25) is 0 Å². The van der Waals surface area contributed by atoms with Crippen molar-refractivity contribution < 1.29 is 5.11 Å². The van der Waals surface area contributed by atoms with Crippen molar-refractivity contribution in [1.82, 2.24) is 0 Å². The molecule has 0 aromatic heterocycles. The third-order valence-electron chi connectivity index (χ3n) is 0.333. The first-order valence-corrected chi connectivity index (χ1v) is 3.45. The molecular formula is C3H8OSi. The van der Waals surface area contributed by atoms with Gasteiger partial charge in [-0.2, -0.15) is 0 Å². The lowest BCUT2D eigenvalue weighted by atomic mass is 11.3. The minimum Gasteiger partial charge on any atom is -0.400 e. The van der Waals surface area contributed by atoms with Crippen molar-refractivity contribution in [3.8, 4) is 0 Å². The number of aliphatic hydroxyl groups excluding tert-OH is 1. The Labute approximate surface area is 34.1 Å². The van der Waals surface area contributed by atoms with Crippen LogP contribution in [0.4, 0.5) is 0 Å². The summed E-state index contributed by atoms with van der Waals surface area (Å²) < 4.78 is 0. The van der Waals surface area contributed by atoms with Gasteiger partial charge < -0.3 is 5.11 Å². The second-order valence-electron chi connectivity index (χ2n) is 0.801. The summed E-state index contributed by atoms with van der Waals surface area (Å²) in [6.07, 6.45) is 0.365. The Bertz CT molecular complexity index is 28.1. The molecule has 0 bridgehead atoms. The maximum absolute atomic E-state index is 8.06. The van der Waals surface area contributed by atoms with Gasteiger partial charge in [-0.3, -0.25) is 0 Å². The van der Waals surface area contributed by atoms with Crippen LogP contribution in [-0.2, 0) is 0 Å². The van der Waals surface area contributed by atoms with E-state index in [-0.39, 0.29) is 9.52 Å². The molecular weight excluding hydrogens is 80.1 g/mol. The predicted octanol–water partition coefficient (Wildman–Crippen LogP) is -0.752. The van der Waals surface area contributed by atoms with Crippen molar-refractivity contribution in [2.45, 2.75) is 0 Å². The molecule has 0 rings (SSSR count). The van der Waals surface area contributed by atoms with E-state index in [2.05, 4.69) is 6.58 Å². The fourth-order valence-electron chi connectivity index (χ4n) is 0.0913. The van der Waals surface area contributed by atoms with Crippen molar-refractivity contribution in [2.24, 2.45) is 0 Å². The van der Waals surface area contributed by atoms with E-state index in [9.17, 15) is 0 Å². The van der Waals surface area contributed by atoms with E-state index in [4.69, 9.17) is 5.11 Å². The average molecular weight is 88.2 g/mol. The van der Waals surface area contributed by atoms with Crippen molar-refractivity contribution in [3.63, 3.8) is 0 Å². The number of aliphatic hydroxyl groups is 1. The van der Waals surface area contributed by atoms with Gasteiger partial charge in [0.05, 0.1) is 9.52 Å². The Morgan fingerprint density at radius 2 is 2.60 bits per heavy atom. The Morgan fingerprint density at radius 3 is 2.60 bits per heavy atom. The summed E-state index contributed by atoms with van der Waals surface area (Å²) in [6, 6.07) is 0. The number of hydrogen-bond donors (Lipinski definition) is 1. The van der Waals surface area contributed by atoms with Crippen LogP contribution in [0.5, 0.6) is 0 Å². The lowest BCUT2D eigenvalue weighted by Gasteiger charge is -1.71. The Hall–Kier alpha value is -0.0831. The van der Waals surface area contributed by atoms with Gasteiger partial charge in [0.15, 0.2) is 0 Å². The van der Waals surface area contributed by atoms with Crippen molar-refractivity contribution >= 4 is 9.52 Å². The highest BCUT2D eigenvalue weighted by Gasteiger charge is 1.65. The van der Waals surface area contributed by atoms with Gasteiger partial charge in [0.1, 0.15) is 0 Å². The zero-order chi connectivity index (χ0) is 4.12. The van der Waals surface area contributed by atoms with Crippen LogP contribution in [0.2, 0.25) is 0 Å². The maximum atomic E-state index is 8.06. The molecule has 0 spiro atoms. The minimum atomic E-state index is -0.248. The molecule has 0 aliphatic carbocycles. The van der Waals surface area contributed by atoms with Crippen LogP contribution in [0, 0.1) is 0 Å². The molecule has 2 heteroatoms. The molecule has 0 aromatic rings. The van der Waals surface area contributed by atoms with Crippen LogP contribution in [-0.4, -0.2) is 20.9 Å². The summed E-state index contributed by atoms with van der Waals surface area (Å²) in [5.41, 5.74) is 1.82. The van der Waals surface area contributed by atoms with Crippen LogP contribution in [0.15, 0.2) is 12.3 Å². The Balaban J connectivity index is 2.40. The van der Waals surface area contributed by atoms with Gasteiger partial charge in [-0.25, -0.2) is 0 Å². The van der Waals surface area contributed by atoms with Gasteiger partial charge in [-0.1, -0.05) is 0 Å². The quantitative estimate of drug-likeness (QED) is 0.440. The first-order chi connectivity index (χ1) is 2.41. The van der Waals surface area contributed by atoms with E-state index < -0.39 is 0 Å². The third-order valence-corrected chi connectivity index (χ3v) is 1.000. The molecule has 0 unspecified atom stereocenters. The summed E-state index contributed by atoms with van der Waals surface area (Å²) in [4.78, 5) is 0. The maximum Gasteiger partial charge on any atom is 0.0745 e. The molecule has 0 atom stereocenters. The molecule has 1 N–H and O–H groups in total. The monoisotopic (exact) mass is 88.0 g/mol. The second-order valence-corrected chi connectivity index (χ2v) is 2.40. The van der Waals surface area contributed by atoms with Gasteiger partial charge in [0, 0.05) is 6.23 Å². The largest absolute Gasteiger partial charge is 0.400 e. The van der Waals surface area contributed by atoms with E-state index in [0.29, 0.717) is 6.23 Å². The third kappa shape index (κ3) is 3.92. The van der Waals surface area contributed by atoms with E-state index >= 15 is 0 Å². The fourth-order valence-corrected chi connectivity index (χ4v) is 0.274. The highest BCUT2D eigenvalue weighted by Crippen LogP contribution is 1.51. The number of hydrogen-bond acceptors (Lipinski definition) is 1. The van der Waals surface area contributed by atoms with Crippen LogP contribution in [0.3, 0.4) is 0 Å². The summed E-state index contributed by atoms with van der Waals surface area (Å²) in [5, 5.41) is 8.06. The zero-order valence-electron chi connectivity index (χ0n) is 3.15. The standard InChI is InChI=1S/C3H8OSi/c1-2-5-3-4/h2,4H,1,3,5H2. The molecule has 0 fully saturated rings. The smallest absolute Gasteiger partial charge is 0.0745 e. The van der Waals surface area contributed by atoms with E-state index in [1.165, 1.54) is 0 Å². The zero-order valence-corrected chi connectivity index (χ0v) is 4.56. The topological polar surface area (TPSA) is 20.2 Å². The van der Waals surface area contributed by atoms with Crippen molar-refractivity contribution in [2.75, 3.05) is 6.23 Å². The molecule has 0 saturated heterocycles. The highest BCUT2D eigenvalue weighted by molar-refractivity contribution is 6.41. The summed E-state index contributed by atoms with van der Waals surface area (Å²) in [7, 11) is -0.248. The Morgan fingerprint density at radius 1 is 2.00 bits per heavy atom. The van der Waals surface area contributed by atoms with Crippen LogP contribution >= 0.6 is 0 Å². The highest BCUT2D eigenvalue weighted by atomic mass is 28.2. The molecule has 30 valence electrons. The summed E-state index contributed by atoms with van der Waals surface area (Å²) in [5.74, 6) is 0. The molecule has 0 aliphatic rings. The molecule has 1 nitrogen and oxygen atoms in total. The van der Waals surface area contributed by atoms with Gasteiger partial charge in [-0.05, 0) is 0 Å². The van der Waals surface area contributed by atoms with E-state index in [1.807, 2.05) is 5.70 Å². The van der Waals surface area contributed by atoms with Crippen LogP contribution in [0.1, 0.15) is 0 Å². The lowest BCUT2D eigenvalue weighted by molar-refractivity contribution is 0.367. The molecule has 0 amide bonds. The van der Waals surface area contributed by atoms with E-state index in [1.54, 1.807) is 0 Å². The molecule has 0 saturated carbocycles. The number of rotatable bonds is 2. The van der Waals surface area contributed by atoms with Gasteiger partial charge in [-0.15, -0.1) is 12.3 Å². The first-order valence-electron chi connectivity index (χ1n) is 1.63. The first kappa shape index (κ1) is 4.92. The fraction of sp³-hybridized carbons (Fsp3) is 0.333. The normalized spacial score (nSPS) is 9.80. The molecule has 0 aromatic carbocycles. The van der Waals surface area contributed by atoms with Crippen LogP contribution in [0.25, 0.3) is 0 Å². The molecule has 0 aliphatic heterocycles. The SMILES string of the molecule is C=C[SiH2]CO. The average Bonchev–Trinajstić information content (AvgIpc) is 1.41.